The molecule has 1 aliphatic carbocycles. The van der Waals surface area contributed by atoms with Gasteiger partial charge in [-0.2, -0.15) is 0 Å². The lowest BCUT2D eigenvalue weighted by Crippen LogP contribution is -2.61. The van der Waals surface area contributed by atoms with E-state index < -0.39 is 6.29 Å². The lowest BCUT2D eigenvalue weighted by molar-refractivity contribution is -0.269. The van der Waals surface area contributed by atoms with Crippen LogP contribution >= 0.6 is 0 Å². The Bertz CT molecular complexity index is 806. The molecule has 0 radical (unpaired) electrons. The van der Waals surface area contributed by atoms with Crippen LogP contribution in [0.5, 0.6) is 0 Å². The Morgan fingerprint density at radius 2 is 1.27 bits per heavy atom. The van der Waals surface area contributed by atoms with Gasteiger partial charge in [-0.05, 0) is 25.0 Å². The minimum absolute atomic E-state index is 0.00166. The summed E-state index contributed by atoms with van der Waals surface area (Å²) in [6.45, 7) is 8.34. The van der Waals surface area contributed by atoms with E-state index >= 15 is 0 Å². The van der Waals surface area contributed by atoms with Crippen LogP contribution in [0.3, 0.4) is 0 Å². The first-order valence-corrected chi connectivity index (χ1v) is 11.8. The molecule has 6 nitrogen and oxygen atoms in total. The zero-order valence-electron chi connectivity index (χ0n) is 19.9. The zero-order chi connectivity index (χ0) is 23.5. The van der Waals surface area contributed by atoms with Gasteiger partial charge in [0.15, 0.2) is 6.29 Å². The largest absolute Gasteiger partial charge is 0.462 e. The molecule has 0 N–H and O–H groups in total. The molecule has 0 spiro atoms. The molecule has 33 heavy (non-hydrogen) atoms. The van der Waals surface area contributed by atoms with Crippen molar-refractivity contribution in [3.63, 3.8) is 0 Å². The van der Waals surface area contributed by atoms with E-state index in [1.165, 1.54) is 6.92 Å². The fourth-order valence-corrected chi connectivity index (χ4v) is 4.45. The summed E-state index contributed by atoms with van der Waals surface area (Å²) in [5.41, 5.74) is 2.23. The number of benzene rings is 2. The van der Waals surface area contributed by atoms with Gasteiger partial charge in [0, 0.05) is 32.0 Å². The van der Waals surface area contributed by atoms with Crippen LogP contribution < -0.4 is 0 Å². The number of hydrogen-bond acceptors (Lipinski definition) is 6. The fraction of sp³-hybridized carbons (Fsp3) is 0.519. The van der Waals surface area contributed by atoms with E-state index in [1.54, 1.807) is 0 Å². The summed E-state index contributed by atoms with van der Waals surface area (Å²) in [5, 5.41) is 0. The van der Waals surface area contributed by atoms with E-state index in [0.29, 0.717) is 39.6 Å². The molecule has 0 aliphatic heterocycles. The fourth-order valence-electron chi connectivity index (χ4n) is 4.45. The number of ether oxygens (including phenoxy) is 5. The third-order valence-corrected chi connectivity index (χ3v) is 5.97. The number of carbonyl (C=O) groups excluding carboxylic acids is 1. The van der Waals surface area contributed by atoms with E-state index in [2.05, 4.69) is 0 Å². The number of rotatable bonds is 14. The zero-order valence-corrected chi connectivity index (χ0v) is 19.9. The molecule has 0 bridgehead atoms. The van der Waals surface area contributed by atoms with E-state index in [0.717, 1.165) is 11.1 Å². The second kappa shape index (κ2) is 13.5. The van der Waals surface area contributed by atoms with Gasteiger partial charge < -0.3 is 23.7 Å². The molecule has 0 saturated heterocycles. The van der Waals surface area contributed by atoms with Gasteiger partial charge in [0.1, 0.15) is 6.10 Å². The highest BCUT2D eigenvalue weighted by molar-refractivity contribution is 5.66. The quantitative estimate of drug-likeness (QED) is 0.306. The first kappa shape index (κ1) is 25.4. The molecule has 0 aromatic heterocycles. The lowest BCUT2D eigenvalue weighted by Gasteiger charge is -2.52. The SMILES string of the molecule is CCOC(OCC)[C@H]1[C@H](COCc2ccccc2)[C@@H](COCc2ccccc2)[C@H]1OC(C)=O. The summed E-state index contributed by atoms with van der Waals surface area (Å²) >= 11 is 0. The normalized spacial score (nSPS) is 22.2. The molecule has 0 heterocycles. The van der Waals surface area contributed by atoms with Crippen LogP contribution in [0.25, 0.3) is 0 Å². The maximum Gasteiger partial charge on any atom is 0.302 e. The second-order valence-electron chi connectivity index (χ2n) is 8.26. The van der Waals surface area contributed by atoms with Crippen LogP contribution in [0.2, 0.25) is 0 Å². The summed E-state index contributed by atoms with van der Waals surface area (Å²) in [7, 11) is 0. The monoisotopic (exact) mass is 456 g/mol. The predicted molar refractivity (Wildman–Crippen MR) is 125 cm³/mol. The molecular weight excluding hydrogens is 420 g/mol. The van der Waals surface area contributed by atoms with Gasteiger partial charge in [-0.25, -0.2) is 0 Å². The Morgan fingerprint density at radius 3 is 1.73 bits per heavy atom. The summed E-state index contributed by atoms with van der Waals surface area (Å²) in [6, 6.07) is 20.1. The smallest absolute Gasteiger partial charge is 0.302 e. The molecule has 180 valence electrons. The Balaban J connectivity index is 1.69. The van der Waals surface area contributed by atoms with Crippen molar-refractivity contribution in [1.82, 2.24) is 0 Å². The molecule has 1 fully saturated rings. The van der Waals surface area contributed by atoms with Crippen molar-refractivity contribution < 1.29 is 28.5 Å². The molecule has 1 saturated carbocycles. The van der Waals surface area contributed by atoms with Crippen LogP contribution in [0.4, 0.5) is 0 Å². The molecule has 6 heteroatoms. The van der Waals surface area contributed by atoms with Crippen molar-refractivity contribution in [2.24, 2.45) is 17.8 Å². The number of hydrogen-bond donors (Lipinski definition) is 0. The average molecular weight is 457 g/mol. The third-order valence-electron chi connectivity index (χ3n) is 5.97. The topological polar surface area (TPSA) is 63.2 Å². The molecule has 3 rings (SSSR count). The Labute approximate surface area is 197 Å². The van der Waals surface area contributed by atoms with Gasteiger partial charge >= 0.3 is 5.97 Å². The second-order valence-corrected chi connectivity index (χ2v) is 8.26. The summed E-state index contributed by atoms with van der Waals surface area (Å²) in [5.74, 6) is -0.345. The van der Waals surface area contributed by atoms with Crippen LogP contribution in [0.15, 0.2) is 60.7 Å². The molecule has 4 atom stereocenters. The standard InChI is InChI=1S/C27H36O6/c1-4-31-27(32-5-2)25-23(18-29-16-21-12-8-6-9-13-21)24(26(25)33-20(3)28)19-30-17-22-14-10-7-11-15-22/h6-15,23-27H,4-5,16-19H2,1-3H3/t23-,24-,25+,26-/m1/s1. The van der Waals surface area contributed by atoms with Gasteiger partial charge in [0.05, 0.1) is 32.3 Å². The van der Waals surface area contributed by atoms with Crippen molar-refractivity contribution in [2.45, 2.75) is 46.4 Å². The van der Waals surface area contributed by atoms with E-state index in [4.69, 9.17) is 23.7 Å². The van der Waals surface area contributed by atoms with E-state index in [-0.39, 0.29) is 29.8 Å². The minimum Gasteiger partial charge on any atom is -0.462 e. The van der Waals surface area contributed by atoms with E-state index in [1.807, 2.05) is 74.5 Å². The van der Waals surface area contributed by atoms with E-state index in [9.17, 15) is 4.79 Å². The molecule has 0 unspecified atom stereocenters. The molecule has 1 aliphatic rings. The highest BCUT2D eigenvalue weighted by Gasteiger charge is 2.56. The Hall–Kier alpha value is -2.25. The summed E-state index contributed by atoms with van der Waals surface area (Å²) < 4.78 is 29.7. The summed E-state index contributed by atoms with van der Waals surface area (Å²) in [4.78, 5) is 11.9. The predicted octanol–water partition coefficient (Wildman–Crippen LogP) is 4.61. The van der Waals surface area contributed by atoms with Gasteiger partial charge in [0.25, 0.3) is 0 Å². The van der Waals surface area contributed by atoms with Crippen molar-refractivity contribution in [2.75, 3.05) is 26.4 Å². The van der Waals surface area contributed by atoms with Gasteiger partial charge in [-0.3, -0.25) is 4.79 Å². The number of carbonyl (C=O) groups is 1. The van der Waals surface area contributed by atoms with Crippen molar-refractivity contribution in [1.29, 1.82) is 0 Å². The highest BCUT2D eigenvalue weighted by Crippen LogP contribution is 2.46. The van der Waals surface area contributed by atoms with Crippen molar-refractivity contribution >= 4 is 5.97 Å². The summed E-state index contributed by atoms with van der Waals surface area (Å²) in [6.07, 6.45) is -0.799. The van der Waals surface area contributed by atoms with Crippen LogP contribution in [0.1, 0.15) is 31.9 Å². The maximum atomic E-state index is 11.9. The molecule has 2 aromatic rings. The molecule has 0 amide bonds. The third kappa shape index (κ3) is 7.37. The molecule has 2 aromatic carbocycles. The maximum absolute atomic E-state index is 11.9. The Kier molecular flexibility index (Phi) is 10.3. The first-order valence-electron chi connectivity index (χ1n) is 11.8. The van der Waals surface area contributed by atoms with Crippen molar-refractivity contribution in [3.8, 4) is 0 Å². The first-order chi connectivity index (χ1) is 16.1. The van der Waals surface area contributed by atoms with Gasteiger partial charge in [-0.15, -0.1) is 0 Å². The van der Waals surface area contributed by atoms with Crippen molar-refractivity contribution in [3.05, 3.63) is 71.8 Å². The van der Waals surface area contributed by atoms with Crippen LogP contribution in [-0.4, -0.2) is 44.8 Å². The van der Waals surface area contributed by atoms with Gasteiger partial charge in [0.2, 0.25) is 0 Å². The minimum atomic E-state index is -0.458. The average Bonchev–Trinajstić information content (AvgIpc) is 2.82. The Morgan fingerprint density at radius 1 is 0.788 bits per heavy atom. The number of esters is 1. The highest BCUT2D eigenvalue weighted by atomic mass is 16.7. The molecular formula is C27H36O6. The lowest BCUT2D eigenvalue weighted by atomic mass is 9.62. The van der Waals surface area contributed by atoms with Crippen LogP contribution in [0, 0.1) is 17.8 Å². The van der Waals surface area contributed by atoms with Crippen LogP contribution in [-0.2, 0) is 41.7 Å². The van der Waals surface area contributed by atoms with Gasteiger partial charge in [-0.1, -0.05) is 60.7 Å².